The van der Waals surface area contributed by atoms with Crippen LogP contribution in [0.15, 0.2) is 48.5 Å². The van der Waals surface area contributed by atoms with Crippen LogP contribution in [0.25, 0.3) is 0 Å². The SMILES string of the molecule is OC1CCN(Cc2ccc(CNCc3ccccc3F)cc2)CC1. The molecule has 0 aromatic heterocycles. The molecule has 1 saturated heterocycles. The molecule has 3 nitrogen and oxygen atoms in total. The predicted octanol–water partition coefficient (Wildman–Crippen LogP) is 3.07. The Labute approximate surface area is 143 Å². The second kappa shape index (κ2) is 8.38. The maximum atomic E-state index is 13.6. The van der Waals surface area contributed by atoms with Crippen LogP contribution in [-0.2, 0) is 19.6 Å². The van der Waals surface area contributed by atoms with Crippen LogP contribution in [0.4, 0.5) is 4.39 Å². The third-order valence-electron chi connectivity index (χ3n) is 4.59. The molecule has 1 fully saturated rings. The van der Waals surface area contributed by atoms with Crippen molar-refractivity contribution in [3.05, 3.63) is 71.0 Å². The highest BCUT2D eigenvalue weighted by Gasteiger charge is 2.16. The van der Waals surface area contributed by atoms with Crippen LogP contribution in [0.5, 0.6) is 0 Å². The fourth-order valence-corrected chi connectivity index (χ4v) is 3.08. The summed E-state index contributed by atoms with van der Waals surface area (Å²) in [5, 5.41) is 12.8. The van der Waals surface area contributed by atoms with Crippen molar-refractivity contribution in [2.24, 2.45) is 0 Å². The first-order valence-electron chi connectivity index (χ1n) is 8.63. The molecule has 0 amide bonds. The normalized spacial score (nSPS) is 16.4. The van der Waals surface area contributed by atoms with E-state index in [2.05, 4.69) is 34.5 Å². The lowest BCUT2D eigenvalue weighted by atomic mass is 10.1. The number of hydrogen-bond donors (Lipinski definition) is 2. The van der Waals surface area contributed by atoms with Gasteiger partial charge in [0.15, 0.2) is 0 Å². The first-order valence-corrected chi connectivity index (χ1v) is 8.63. The Morgan fingerprint density at radius 1 is 0.958 bits per heavy atom. The van der Waals surface area contributed by atoms with Crippen molar-refractivity contribution in [2.45, 2.75) is 38.6 Å². The quantitative estimate of drug-likeness (QED) is 0.855. The van der Waals surface area contributed by atoms with E-state index in [0.717, 1.165) is 39.0 Å². The zero-order valence-electron chi connectivity index (χ0n) is 13.9. The summed E-state index contributed by atoms with van der Waals surface area (Å²) in [7, 11) is 0. The lowest BCUT2D eigenvalue weighted by Gasteiger charge is -2.29. The zero-order chi connectivity index (χ0) is 16.8. The molecule has 0 bridgehead atoms. The summed E-state index contributed by atoms with van der Waals surface area (Å²) in [6.45, 7) is 4.13. The summed E-state index contributed by atoms with van der Waals surface area (Å²) in [4.78, 5) is 2.39. The third kappa shape index (κ3) is 4.87. The summed E-state index contributed by atoms with van der Waals surface area (Å²) in [5.74, 6) is -0.160. The van der Waals surface area contributed by atoms with Gasteiger partial charge in [0, 0.05) is 38.3 Å². The lowest BCUT2D eigenvalue weighted by Crippen LogP contribution is -2.35. The van der Waals surface area contributed by atoms with E-state index in [-0.39, 0.29) is 11.9 Å². The first kappa shape index (κ1) is 17.1. The molecule has 2 aromatic carbocycles. The Morgan fingerprint density at radius 3 is 2.33 bits per heavy atom. The van der Waals surface area contributed by atoms with Gasteiger partial charge in [0.1, 0.15) is 5.82 Å². The molecule has 0 saturated carbocycles. The van der Waals surface area contributed by atoms with Gasteiger partial charge in [-0.3, -0.25) is 4.90 Å². The number of benzene rings is 2. The van der Waals surface area contributed by atoms with E-state index in [1.807, 2.05) is 6.07 Å². The Bertz CT molecular complexity index is 636. The summed E-state index contributed by atoms with van der Waals surface area (Å²) in [5.41, 5.74) is 3.19. The molecule has 0 unspecified atom stereocenters. The van der Waals surface area contributed by atoms with Crippen molar-refractivity contribution < 1.29 is 9.50 Å². The van der Waals surface area contributed by atoms with Crippen molar-refractivity contribution in [2.75, 3.05) is 13.1 Å². The molecule has 2 aromatic rings. The average Bonchev–Trinajstić information content (AvgIpc) is 2.60. The summed E-state index contributed by atoms with van der Waals surface area (Å²) < 4.78 is 13.6. The maximum Gasteiger partial charge on any atom is 0.127 e. The van der Waals surface area contributed by atoms with Crippen LogP contribution in [0.2, 0.25) is 0 Å². The van der Waals surface area contributed by atoms with Gasteiger partial charge in [-0.25, -0.2) is 4.39 Å². The van der Waals surface area contributed by atoms with Crippen LogP contribution in [0, 0.1) is 5.82 Å². The van der Waals surface area contributed by atoms with Gasteiger partial charge in [0.2, 0.25) is 0 Å². The number of rotatable bonds is 6. The third-order valence-corrected chi connectivity index (χ3v) is 4.59. The van der Waals surface area contributed by atoms with E-state index in [1.54, 1.807) is 12.1 Å². The number of nitrogens with zero attached hydrogens (tertiary/aromatic N) is 1. The Kier molecular flexibility index (Phi) is 5.96. The molecule has 0 atom stereocenters. The second-order valence-electron chi connectivity index (χ2n) is 6.52. The second-order valence-corrected chi connectivity index (χ2v) is 6.52. The van der Waals surface area contributed by atoms with E-state index in [9.17, 15) is 9.50 Å². The number of aliphatic hydroxyl groups is 1. The average molecular weight is 328 g/mol. The number of aliphatic hydroxyl groups excluding tert-OH is 1. The first-order chi connectivity index (χ1) is 11.7. The van der Waals surface area contributed by atoms with Crippen molar-refractivity contribution in [1.82, 2.24) is 10.2 Å². The molecule has 128 valence electrons. The fraction of sp³-hybridized carbons (Fsp3) is 0.400. The van der Waals surface area contributed by atoms with Crippen LogP contribution in [-0.4, -0.2) is 29.2 Å². The van der Waals surface area contributed by atoms with Gasteiger partial charge in [0.25, 0.3) is 0 Å². The van der Waals surface area contributed by atoms with Gasteiger partial charge in [-0.2, -0.15) is 0 Å². The maximum absolute atomic E-state index is 13.6. The lowest BCUT2D eigenvalue weighted by molar-refractivity contribution is 0.0792. The monoisotopic (exact) mass is 328 g/mol. The van der Waals surface area contributed by atoms with E-state index in [1.165, 1.54) is 17.2 Å². The van der Waals surface area contributed by atoms with Crippen LogP contribution in [0.1, 0.15) is 29.5 Å². The minimum Gasteiger partial charge on any atom is -0.393 e. The molecule has 4 heteroatoms. The van der Waals surface area contributed by atoms with E-state index < -0.39 is 0 Å². The summed E-state index contributed by atoms with van der Waals surface area (Å²) in [6, 6.07) is 15.4. The minimum atomic E-state index is -0.160. The van der Waals surface area contributed by atoms with Crippen LogP contribution >= 0.6 is 0 Å². The van der Waals surface area contributed by atoms with Crippen molar-refractivity contribution in [3.63, 3.8) is 0 Å². The highest BCUT2D eigenvalue weighted by Crippen LogP contribution is 2.14. The van der Waals surface area contributed by atoms with Gasteiger partial charge in [-0.1, -0.05) is 42.5 Å². The Hall–Kier alpha value is -1.75. The number of piperidine rings is 1. The number of hydrogen-bond acceptors (Lipinski definition) is 3. The Morgan fingerprint density at radius 2 is 1.62 bits per heavy atom. The van der Waals surface area contributed by atoms with E-state index in [4.69, 9.17) is 0 Å². The van der Waals surface area contributed by atoms with Crippen molar-refractivity contribution >= 4 is 0 Å². The molecule has 3 rings (SSSR count). The minimum absolute atomic E-state index is 0.121. The molecular formula is C20H25FN2O. The topological polar surface area (TPSA) is 35.5 Å². The van der Waals surface area contributed by atoms with Crippen LogP contribution in [0.3, 0.4) is 0 Å². The summed E-state index contributed by atoms with van der Waals surface area (Å²) in [6.07, 6.45) is 1.62. The molecule has 24 heavy (non-hydrogen) atoms. The standard InChI is InChI=1S/C20H25FN2O/c21-20-4-2-1-3-18(20)14-22-13-16-5-7-17(8-6-16)15-23-11-9-19(24)10-12-23/h1-8,19,22,24H,9-15H2. The summed E-state index contributed by atoms with van der Waals surface area (Å²) >= 11 is 0. The smallest absolute Gasteiger partial charge is 0.127 e. The van der Waals surface area contributed by atoms with Crippen molar-refractivity contribution in [3.8, 4) is 0 Å². The molecule has 0 spiro atoms. The van der Waals surface area contributed by atoms with Gasteiger partial charge in [0.05, 0.1) is 6.10 Å². The van der Waals surface area contributed by atoms with Gasteiger partial charge in [-0.05, 0) is 30.0 Å². The van der Waals surface area contributed by atoms with Gasteiger partial charge < -0.3 is 10.4 Å². The highest BCUT2D eigenvalue weighted by molar-refractivity contribution is 5.23. The number of halogens is 1. The predicted molar refractivity (Wildman–Crippen MR) is 93.9 cm³/mol. The largest absolute Gasteiger partial charge is 0.393 e. The van der Waals surface area contributed by atoms with E-state index >= 15 is 0 Å². The number of nitrogens with one attached hydrogen (secondary N) is 1. The molecule has 1 heterocycles. The molecule has 0 aliphatic carbocycles. The van der Waals surface area contributed by atoms with Gasteiger partial charge in [-0.15, -0.1) is 0 Å². The van der Waals surface area contributed by atoms with Crippen molar-refractivity contribution in [1.29, 1.82) is 0 Å². The molecule has 1 aliphatic heterocycles. The number of likely N-dealkylation sites (tertiary alicyclic amines) is 1. The highest BCUT2D eigenvalue weighted by atomic mass is 19.1. The Balaban J connectivity index is 1.45. The van der Waals surface area contributed by atoms with Crippen LogP contribution < -0.4 is 5.32 Å². The zero-order valence-corrected chi connectivity index (χ0v) is 13.9. The molecular weight excluding hydrogens is 303 g/mol. The fourth-order valence-electron chi connectivity index (χ4n) is 3.08. The van der Waals surface area contributed by atoms with E-state index in [0.29, 0.717) is 12.1 Å². The molecule has 1 aliphatic rings. The molecule has 2 N–H and O–H groups in total. The van der Waals surface area contributed by atoms with Gasteiger partial charge >= 0.3 is 0 Å². The molecule has 0 radical (unpaired) electrons.